The number of carbonyl (C=O) groups excluding carboxylic acids is 1. The highest BCUT2D eigenvalue weighted by molar-refractivity contribution is 8.00. The fourth-order valence-corrected chi connectivity index (χ4v) is 3.08. The molecule has 2 heterocycles. The molecule has 1 saturated heterocycles. The van der Waals surface area contributed by atoms with Gasteiger partial charge in [-0.1, -0.05) is 81.7 Å². The molecule has 1 aliphatic heterocycles. The second-order valence-corrected chi connectivity index (χ2v) is 11.0. The summed E-state index contributed by atoms with van der Waals surface area (Å²) in [6.45, 7) is 0.448. The van der Waals surface area contributed by atoms with Crippen molar-refractivity contribution < 1.29 is 14.3 Å². The molecule has 1 aliphatic rings. The molecule has 1 aromatic heterocycles. The molecule has 1 fully saturated rings. The first-order chi connectivity index (χ1) is 13.0. The van der Waals surface area contributed by atoms with Gasteiger partial charge in [-0.15, -0.1) is 11.8 Å². The number of hydrogen-bond donors (Lipinski definition) is 0. The van der Waals surface area contributed by atoms with Crippen molar-refractivity contribution in [2.75, 3.05) is 12.4 Å². The van der Waals surface area contributed by atoms with Crippen molar-refractivity contribution in [3.8, 4) is 11.4 Å². The second-order valence-electron chi connectivity index (χ2n) is 5.37. The molecular weight excluding hydrogens is 515 g/mol. The summed E-state index contributed by atoms with van der Waals surface area (Å²) in [5, 5.41) is 0. The van der Waals surface area contributed by atoms with Crippen molar-refractivity contribution in [1.29, 1.82) is 0 Å². The van der Waals surface area contributed by atoms with Crippen LogP contribution in [0.5, 0.6) is 0 Å². The number of aromatic nitrogens is 3. The Kier molecular flexibility index (Phi) is 7.10. The predicted molar refractivity (Wildman–Crippen MR) is 110 cm³/mol. The third kappa shape index (κ3) is 6.37. The average Bonchev–Trinajstić information content (AvgIpc) is 3.42. The number of epoxide rings is 1. The van der Waals surface area contributed by atoms with E-state index in [4.69, 9.17) is 79.1 Å². The molecule has 1 unspecified atom stereocenters. The van der Waals surface area contributed by atoms with E-state index in [-0.39, 0.29) is 29.2 Å². The molecule has 0 aliphatic carbocycles. The Morgan fingerprint density at radius 2 is 1.57 bits per heavy atom. The van der Waals surface area contributed by atoms with Crippen LogP contribution >= 0.6 is 81.4 Å². The summed E-state index contributed by atoms with van der Waals surface area (Å²) in [4.78, 5) is 24.6. The van der Waals surface area contributed by atoms with E-state index in [0.717, 1.165) is 4.90 Å². The summed E-state index contributed by atoms with van der Waals surface area (Å²) < 4.78 is 5.96. The van der Waals surface area contributed by atoms with Crippen molar-refractivity contribution in [2.45, 2.75) is 18.8 Å². The quantitative estimate of drug-likeness (QED) is 0.231. The molecule has 1 atom stereocenters. The van der Waals surface area contributed by atoms with E-state index < -0.39 is 13.9 Å². The first kappa shape index (κ1) is 22.4. The van der Waals surface area contributed by atoms with Gasteiger partial charge in [0, 0.05) is 10.5 Å². The number of thioether (sulfide) groups is 1. The smallest absolute Gasteiger partial charge is 0.318 e. The topological polar surface area (TPSA) is 77.5 Å². The molecule has 13 heteroatoms. The Hall–Kier alpha value is -0.250. The minimum atomic E-state index is -1.93. The van der Waals surface area contributed by atoms with E-state index in [1.165, 1.54) is 11.8 Å². The molecule has 2 aromatic rings. The maximum atomic E-state index is 11.6. The van der Waals surface area contributed by atoms with Crippen molar-refractivity contribution in [3.63, 3.8) is 0 Å². The lowest BCUT2D eigenvalue weighted by Crippen LogP contribution is -2.16. The van der Waals surface area contributed by atoms with Gasteiger partial charge in [-0.05, 0) is 12.1 Å². The highest BCUT2D eigenvalue weighted by Crippen LogP contribution is 2.40. The van der Waals surface area contributed by atoms with E-state index in [9.17, 15) is 4.79 Å². The lowest BCUT2D eigenvalue weighted by molar-refractivity contribution is -0.145. The zero-order valence-corrected chi connectivity index (χ0v) is 18.9. The van der Waals surface area contributed by atoms with Crippen molar-refractivity contribution in [2.24, 2.45) is 0 Å². The summed E-state index contributed by atoms with van der Waals surface area (Å²) >= 11 is 36.5. The highest BCUT2D eigenvalue weighted by atomic mass is 35.6. The van der Waals surface area contributed by atoms with Gasteiger partial charge in [0.05, 0.1) is 5.75 Å². The van der Waals surface area contributed by atoms with Gasteiger partial charge in [0.2, 0.25) is 13.9 Å². The number of carbonyl (C=O) groups is 1. The minimum Gasteiger partial charge on any atom is -0.433 e. The van der Waals surface area contributed by atoms with Gasteiger partial charge in [0.25, 0.3) is 0 Å². The molecule has 0 N–H and O–H groups in total. The molecule has 3 rings (SSSR count). The maximum absolute atomic E-state index is 11.6. The number of halogens is 6. The monoisotopic (exact) mass is 521 g/mol. The lowest BCUT2D eigenvalue weighted by Gasteiger charge is -2.15. The molecule has 28 heavy (non-hydrogen) atoms. The number of benzene rings is 1. The minimum absolute atomic E-state index is 0.153. The molecular formula is C15H9Cl6N3O3S. The maximum Gasteiger partial charge on any atom is 0.318 e. The fraction of sp³-hybridized carbons (Fsp3) is 0.333. The normalized spacial score (nSPS) is 16.7. The largest absolute Gasteiger partial charge is 0.433 e. The predicted octanol–water partition coefficient (Wildman–Crippen LogP) is 5.18. The van der Waals surface area contributed by atoms with Gasteiger partial charge in [0.1, 0.15) is 6.61 Å². The lowest BCUT2D eigenvalue weighted by atomic mass is 10.2. The van der Waals surface area contributed by atoms with Gasteiger partial charge in [-0.3, -0.25) is 4.79 Å². The second kappa shape index (κ2) is 8.86. The SMILES string of the molecule is O=C(CSc1ccc(-c2nc(C(Cl)(Cl)Cl)nc(C(Cl)(Cl)Cl)n2)cc1)OC1CO1. The number of alkyl halides is 6. The number of hydrogen-bond acceptors (Lipinski definition) is 7. The zero-order chi connectivity index (χ0) is 20.5. The molecule has 0 saturated carbocycles. The van der Waals surface area contributed by atoms with Gasteiger partial charge in [0.15, 0.2) is 17.5 Å². The van der Waals surface area contributed by atoms with Crippen LogP contribution < -0.4 is 0 Å². The van der Waals surface area contributed by atoms with Gasteiger partial charge in [-0.25, -0.2) is 15.0 Å². The van der Waals surface area contributed by atoms with Crippen LogP contribution in [0.3, 0.4) is 0 Å². The van der Waals surface area contributed by atoms with Gasteiger partial charge >= 0.3 is 5.97 Å². The van der Waals surface area contributed by atoms with Crippen molar-refractivity contribution in [1.82, 2.24) is 15.0 Å². The fourth-order valence-electron chi connectivity index (χ4n) is 1.89. The Labute approximate surface area is 194 Å². The Bertz CT molecular complexity index is 837. The first-order valence-corrected chi connectivity index (χ1v) is 10.7. The third-order valence-electron chi connectivity index (χ3n) is 3.18. The summed E-state index contributed by atoms with van der Waals surface area (Å²) in [7, 11) is 0. The number of ether oxygens (including phenoxy) is 2. The van der Waals surface area contributed by atoms with Crippen LogP contribution in [-0.4, -0.2) is 39.6 Å². The average molecular weight is 524 g/mol. The van der Waals surface area contributed by atoms with Crippen LogP contribution in [0.2, 0.25) is 0 Å². The summed E-state index contributed by atoms with van der Waals surface area (Å²) in [5.41, 5.74) is 0.576. The number of nitrogens with zero attached hydrogens (tertiary/aromatic N) is 3. The molecule has 150 valence electrons. The Morgan fingerprint density at radius 1 is 1.04 bits per heavy atom. The molecule has 6 nitrogen and oxygen atoms in total. The molecule has 0 spiro atoms. The van der Waals surface area contributed by atoms with Crippen LogP contribution in [0.4, 0.5) is 0 Å². The summed E-state index contributed by atoms with van der Waals surface area (Å²) in [5.74, 6) is -0.382. The van der Waals surface area contributed by atoms with Crippen LogP contribution in [0, 0.1) is 0 Å². The van der Waals surface area contributed by atoms with Crippen LogP contribution in [0.15, 0.2) is 29.2 Å². The Morgan fingerprint density at radius 3 is 2.04 bits per heavy atom. The molecule has 0 bridgehead atoms. The van der Waals surface area contributed by atoms with Crippen molar-refractivity contribution in [3.05, 3.63) is 35.9 Å². The first-order valence-electron chi connectivity index (χ1n) is 7.47. The van der Waals surface area contributed by atoms with Crippen molar-refractivity contribution >= 4 is 87.3 Å². The molecule has 0 radical (unpaired) electrons. The van der Waals surface area contributed by atoms with Gasteiger partial charge < -0.3 is 9.47 Å². The highest BCUT2D eigenvalue weighted by Gasteiger charge is 2.34. The van der Waals surface area contributed by atoms with Crippen LogP contribution in [0.25, 0.3) is 11.4 Å². The Balaban J connectivity index is 1.79. The van der Waals surface area contributed by atoms with E-state index in [0.29, 0.717) is 12.2 Å². The third-order valence-corrected chi connectivity index (χ3v) is 5.18. The van der Waals surface area contributed by atoms with Gasteiger partial charge in [-0.2, -0.15) is 0 Å². The number of rotatable bonds is 5. The van der Waals surface area contributed by atoms with E-state index >= 15 is 0 Å². The van der Waals surface area contributed by atoms with E-state index in [1.54, 1.807) is 24.3 Å². The van der Waals surface area contributed by atoms with Crippen LogP contribution in [-0.2, 0) is 21.9 Å². The van der Waals surface area contributed by atoms with E-state index in [2.05, 4.69) is 15.0 Å². The molecule has 0 amide bonds. The standard InChI is InChI=1S/C15H9Cl6N3O3S/c16-14(17,18)12-22-11(23-13(24-12)15(19,20)21)7-1-3-8(4-2-7)28-6-9(25)27-10-5-26-10/h1-4,10H,5-6H2. The van der Waals surface area contributed by atoms with E-state index in [1.807, 2.05) is 0 Å². The zero-order valence-electron chi connectivity index (χ0n) is 13.5. The summed E-state index contributed by atoms with van der Waals surface area (Å²) in [6.07, 6.45) is -0.404. The summed E-state index contributed by atoms with van der Waals surface area (Å²) in [6, 6.07) is 6.98. The van der Waals surface area contributed by atoms with Crippen LogP contribution in [0.1, 0.15) is 11.6 Å². The number of esters is 1. The molecule has 1 aromatic carbocycles.